The normalized spacial score (nSPS) is 12.8. The van der Waals surface area contributed by atoms with Crippen LogP contribution in [0, 0.1) is 0 Å². The third-order valence-electron chi connectivity index (χ3n) is 2.52. The SMILES string of the molecule is O=C(OC(c1ccccc1)C(F)(F)F)c1cccnc1. The van der Waals surface area contributed by atoms with E-state index in [1.807, 2.05) is 0 Å². The summed E-state index contributed by atoms with van der Waals surface area (Å²) in [6, 6.07) is 9.79. The van der Waals surface area contributed by atoms with Gasteiger partial charge >= 0.3 is 12.1 Å². The molecule has 20 heavy (non-hydrogen) atoms. The van der Waals surface area contributed by atoms with E-state index in [0.29, 0.717) is 0 Å². The fourth-order valence-corrected chi connectivity index (χ4v) is 1.61. The minimum atomic E-state index is -4.68. The fraction of sp³-hybridized carbons (Fsp3) is 0.143. The maximum Gasteiger partial charge on any atom is 0.429 e. The van der Waals surface area contributed by atoms with E-state index in [9.17, 15) is 18.0 Å². The van der Waals surface area contributed by atoms with Crippen LogP contribution in [0.1, 0.15) is 22.0 Å². The van der Waals surface area contributed by atoms with Gasteiger partial charge in [-0.1, -0.05) is 30.3 Å². The van der Waals surface area contributed by atoms with Crippen molar-refractivity contribution >= 4 is 5.97 Å². The quantitative estimate of drug-likeness (QED) is 0.808. The largest absolute Gasteiger partial charge is 0.444 e. The van der Waals surface area contributed by atoms with Crippen molar-refractivity contribution in [2.45, 2.75) is 12.3 Å². The number of aromatic nitrogens is 1. The van der Waals surface area contributed by atoms with Gasteiger partial charge in [-0.3, -0.25) is 4.98 Å². The van der Waals surface area contributed by atoms with Crippen molar-refractivity contribution in [2.75, 3.05) is 0 Å². The summed E-state index contributed by atoms with van der Waals surface area (Å²) in [5.74, 6) is -1.07. The Hall–Kier alpha value is -2.37. The zero-order valence-electron chi connectivity index (χ0n) is 10.2. The molecule has 0 aliphatic heterocycles. The number of benzene rings is 1. The first kappa shape index (κ1) is 14.0. The monoisotopic (exact) mass is 281 g/mol. The first-order valence-electron chi connectivity index (χ1n) is 5.71. The number of esters is 1. The second-order valence-corrected chi connectivity index (χ2v) is 3.98. The Kier molecular flexibility index (Phi) is 4.02. The first-order chi connectivity index (χ1) is 9.48. The Morgan fingerprint density at radius 1 is 1.10 bits per heavy atom. The number of carbonyl (C=O) groups is 1. The second kappa shape index (κ2) is 5.73. The van der Waals surface area contributed by atoms with Crippen molar-refractivity contribution in [3.05, 3.63) is 66.0 Å². The van der Waals surface area contributed by atoms with E-state index in [-0.39, 0.29) is 11.1 Å². The lowest BCUT2D eigenvalue weighted by Crippen LogP contribution is -2.26. The van der Waals surface area contributed by atoms with Crippen molar-refractivity contribution in [1.82, 2.24) is 4.98 Å². The predicted molar refractivity (Wildman–Crippen MR) is 64.9 cm³/mol. The third kappa shape index (κ3) is 3.34. The van der Waals surface area contributed by atoms with E-state index in [0.717, 1.165) is 6.20 Å². The molecule has 2 aromatic rings. The minimum Gasteiger partial charge on any atom is -0.444 e. The van der Waals surface area contributed by atoms with Gasteiger partial charge in [-0.05, 0) is 12.1 Å². The minimum absolute atomic E-state index is 0.0299. The molecular formula is C14H10F3NO2. The van der Waals surface area contributed by atoms with Gasteiger partial charge in [0.15, 0.2) is 0 Å². The van der Waals surface area contributed by atoms with Crippen molar-refractivity contribution < 1.29 is 22.7 Å². The van der Waals surface area contributed by atoms with Crippen LogP contribution in [-0.4, -0.2) is 17.1 Å². The number of nitrogens with zero attached hydrogens (tertiary/aromatic N) is 1. The lowest BCUT2D eigenvalue weighted by atomic mass is 10.1. The molecule has 0 bridgehead atoms. The van der Waals surface area contributed by atoms with E-state index in [4.69, 9.17) is 0 Å². The Bertz CT molecular complexity index is 570. The molecule has 104 valence electrons. The molecule has 0 aliphatic carbocycles. The van der Waals surface area contributed by atoms with Gasteiger partial charge in [-0.25, -0.2) is 4.79 Å². The molecule has 0 fully saturated rings. The summed E-state index contributed by atoms with van der Waals surface area (Å²) >= 11 is 0. The van der Waals surface area contributed by atoms with Crippen LogP contribution in [0.25, 0.3) is 0 Å². The van der Waals surface area contributed by atoms with E-state index in [1.165, 1.54) is 42.6 Å². The third-order valence-corrected chi connectivity index (χ3v) is 2.52. The summed E-state index contributed by atoms with van der Waals surface area (Å²) in [5.41, 5.74) is -0.157. The van der Waals surface area contributed by atoms with Gasteiger partial charge < -0.3 is 4.74 Å². The maximum atomic E-state index is 13.0. The molecule has 0 saturated heterocycles. The molecule has 1 aromatic heterocycles. The van der Waals surface area contributed by atoms with Crippen molar-refractivity contribution in [2.24, 2.45) is 0 Å². The Morgan fingerprint density at radius 2 is 1.80 bits per heavy atom. The average molecular weight is 281 g/mol. The van der Waals surface area contributed by atoms with Crippen molar-refractivity contribution in [1.29, 1.82) is 0 Å². The summed E-state index contributed by atoms with van der Waals surface area (Å²) in [5, 5.41) is 0. The Labute approximate surface area is 113 Å². The summed E-state index contributed by atoms with van der Waals surface area (Å²) < 4.78 is 43.6. The molecule has 0 amide bonds. The lowest BCUT2D eigenvalue weighted by molar-refractivity contribution is -0.207. The molecule has 0 spiro atoms. The van der Waals surface area contributed by atoms with Crippen molar-refractivity contribution in [3.8, 4) is 0 Å². The van der Waals surface area contributed by atoms with Crippen molar-refractivity contribution in [3.63, 3.8) is 0 Å². The van der Waals surface area contributed by atoms with Gasteiger partial charge in [-0.2, -0.15) is 13.2 Å². The highest BCUT2D eigenvalue weighted by Gasteiger charge is 2.44. The second-order valence-electron chi connectivity index (χ2n) is 3.98. The van der Waals surface area contributed by atoms with Crippen LogP contribution in [0.2, 0.25) is 0 Å². The van der Waals surface area contributed by atoms with Crippen LogP contribution in [0.3, 0.4) is 0 Å². The number of hydrogen-bond acceptors (Lipinski definition) is 3. The number of alkyl halides is 3. The number of pyridine rings is 1. The number of carbonyl (C=O) groups excluding carboxylic acids is 1. The summed E-state index contributed by atoms with van der Waals surface area (Å²) in [6.45, 7) is 0. The molecular weight excluding hydrogens is 271 g/mol. The highest BCUT2D eigenvalue weighted by Crippen LogP contribution is 2.36. The smallest absolute Gasteiger partial charge is 0.429 e. The standard InChI is InChI=1S/C14H10F3NO2/c15-14(16,17)12(10-5-2-1-3-6-10)20-13(19)11-7-4-8-18-9-11/h1-9,12H. The molecule has 1 heterocycles. The summed E-state index contributed by atoms with van der Waals surface area (Å²) in [7, 11) is 0. The highest BCUT2D eigenvalue weighted by molar-refractivity contribution is 5.89. The van der Waals surface area contributed by atoms with Crippen LogP contribution in [0.15, 0.2) is 54.9 Å². The van der Waals surface area contributed by atoms with Crippen LogP contribution in [-0.2, 0) is 4.74 Å². The summed E-state index contributed by atoms with van der Waals surface area (Å²) in [4.78, 5) is 15.4. The van der Waals surface area contributed by atoms with Gasteiger partial charge in [0.05, 0.1) is 5.56 Å². The molecule has 6 heteroatoms. The maximum absolute atomic E-state index is 13.0. The molecule has 1 unspecified atom stereocenters. The number of rotatable bonds is 3. The molecule has 0 saturated carbocycles. The highest BCUT2D eigenvalue weighted by atomic mass is 19.4. The van der Waals surface area contributed by atoms with Gasteiger partial charge in [0.1, 0.15) is 0 Å². The zero-order valence-corrected chi connectivity index (χ0v) is 10.2. The summed E-state index contributed by atoms with van der Waals surface area (Å²) in [6.07, 6.45) is -4.41. The molecule has 0 N–H and O–H groups in total. The molecule has 3 nitrogen and oxygen atoms in total. The predicted octanol–water partition coefficient (Wildman–Crippen LogP) is 3.54. The van der Waals surface area contributed by atoms with Crippen LogP contribution in [0.5, 0.6) is 0 Å². The van der Waals surface area contributed by atoms with Crippen LogP contribution >= 0.6 is 0 Å². The first-order valence-corrected chi connectivity index (χ1v) is 5.71. The average Bonchev–Trinajstić information content (AvgIpc) is 2.45. The molecule has 0 aliphatic rings. The molecule has 0 radical (unpaired) electrons. The number of hydrogen-bond donors (Lipinski definition) is 0. The topological polar surface area (TPSA) is 39.2 Å². The number of halogens is 3. The Balaban J connectivity index is 2.24. The van der Waals surface area contributed by atoms with E-state index in [1.54, 1.807) is 6.07 Å². The zero-order chi connectivity index (χ0) is 14.6. The Morgan fingerprint density at radius 3 is 2.35 bits per heavy atom. The van der Waals surface area contributed by atoms with Crippen LogP contribution < -0.4 is 0 Å². The van der Waals surface area contributed by atoms with Gasteiger partial charge in [0, 0.05) is 18.0 Å². The molecule has 1 aromatic carbocycles. The van der Waals surface area contributed by atoms with Gasteiger partial charge in [0.2, 0.25) is 6.10 Å². The number of ether oxygens (including phenoxy) is 1. The van der Waals surface area contributed by atoms with E-state index in [2.05, 4.69) is 9.72 Å². The molecule has 1 atom stereocenters. The van der Waals surface area contributed by atoms with Gasteiger partial charge in [-0.15, -0.1) is 0 Å². The molecule has 2 rings (SSSR count). The van der Waals surface area contributed by atoms with E-state index >= 15 is 0 Å². The lowest BCUT2D eigenvalue weighted by Gasteiger charge is -2.20. The van der Waals surface area contributed by atoms with E-state index < -0.39 is 18.2 Å². The van der Waals surface area contributed by atoms with Crippen LogP contribution in [0.4, 0.5) is 13.2 Å². The van der Waals surface area contributed by atoms with Gasteiger partial charge in [0.25, 0.3) is 0 Å². The fourth-order valence-electron chi connectivity index (χ4n) is 1.61.